The molecule has 1 amide bonds. The Balaban J connectivity index is 1.73. The van der Waals surface area contributed by atoms with Gasteiger partial charge in [-0.15, -0.1) is 0 Å². The third-order valence-corrected chi connectivity index (χ3v) is 3.44. The SMILES string of the molecule is O=C(CN1CCCNCC1)NCc1ccc(OC(F)F)cc1. The van der Waals surface area contributed by atoms with Gasteiger partial charge in [-0.1, -0.05) is 12.1 Å². The summed E-state index contributed by atoms with van der Waals surface area (Å²) in [6.45, 7) is 1.61. The monoisotopic (exact) mass is 313 g/mol. The molecule has 0 spiro atoms. The van der Waals surface area contributed by atoms with Crippen LogP contribution in [0.1, 0.15) is 12.0 Å². The van der Waals surface area contributed by atoms with Gasteiger partial charge in [0, 0.05) is 19.6 Å². The molecule has 0 unspecified atom stereocenters. The molecule has 0 aromatic heterocycles. The number of halogens is 2. The molecular weight excluding hydrogens is 292 g/mol. The van der Waals surface area contributed by atoms with Gasteiger partial charge in [0.05, 0.1) is 6.54 Å². The summed E-state index contributed by atoms with van der Waals surface area (Å²) in [5, 5.41) is 6.13. The van der Waals surface area contributed by atoms with E-state index in [1.165, 1.54) is 12.1 Å². The van der Waals surface area contributed by atoms with Crippen molar-refractivity contribution in [3.05, 3.63) is 29.8 Å². The number of hydrogen-bond donors (Lipinski definition) is 2. The summed E-state index contributed by atoms with van der Waals surface area (Å²) in [5.74, 6) is 0.0805. The first-order valence-electron chi connectivity index (χ1n) is 7.37. The fourth-order valence-corrected chi connectivity index (χ4v) is 2.31. The van der Waals surface area contributed by atoms with Gasteiger partial charge in [0.1, 0.15) is 5.75 Å². The molecule has 1 fully saturated rings. The molecule has 1 aliphatic rings. The lowest BCUT2D eigenvalue weighted by Gasteiger charge is -2.18. The van der Waals surface area contributed by atoms with Gasteiger partial charge in [-0.3, -0.25) is 9.69 Å². The first kappa shape index (κ1) is 16.6. The number of nitrogens with zero attached hydrogens (tertiary/aromatic N) is 1. The average molecular weight is 313 g/mol. The summed E-state index contributed by atoms with van der Waals surface area (Å²) in [7, 11) is 0. The minimum absolute atomic E-state index is 0.0326. The van der Waals surface area contributed by atoms with Crippen LogP contribution in [-0.4, -0.2) is 50.1 Å². The number of hydrogen-bond acceptors (Lipinski definition) is 4. The number of carbonyl (C=O) groups is 1. The molecule has 0 radical (unpaired) electrons. The van der Waals surface area contributed by atoms with Gasteiger partial charge in [-0.05, 0) is 37.2 Å². The Bertz CT molecular complexity index is 460. The average Bonchev–Trinajstić information content (AvgIpc) is 2.74. The molecule has 0 bridgehead atoms. The van der Waals surface area contributed by atoms with Crippen LogP contribution in [0.25, 0.3) is 0 Å². The van der Waals surface area contributed by atoms with Crippen molar-refractivity contribution in [1.82, 2.24) is 15.5 Å². The highest BCUT2D eigenvalue weighted by molar-refractivity contribution is 5.78. The third kappa shape index (κ3) is 5.95. The maximum absolute atomic E-state index is 12.0. The Hall–Kier alpha value is -1.73. The third-order valence-electron chi connectivity index (χ3n) is 3.44. The summed E-state index contributed by atoms with van der Waals surface area (Å²) in [4.78, 5) is 14.0. The summed E-state index contributed by atoms with van der Waals surface area (Å²) < 4.78 is 28.4. The highest BCUT2D eigenvalue weighted by atomic mass is 19.3. The normalized spacial score (nSPS) is 16.3. The maximum atomic E-state index is 12.0. The molecule has 0 aliphatic carbocycles. The smallest absolute Gasteiger partial charge is 0.387 e. The zero-order valence-corrected chi connectivity index (χ0v) is 12.4. The second-order valence-electron chi connectivity index (χ2n) is 5.18. The lowest BCUT2D eigenvalue weighted by molar-refractivity contribution is -0.122. The minimum Gasteiger partial charge on any atom is -0.435 e. The Morgan fingerprint density at radius 3 is 2.77 bits per heavy atom. The van der Waals surface area contributed by atoms with Gasteiger partial charge in [0.15, 0.2) is 0 Å². The Morgan fingerprint density at radius 1 is 1.27 bits per heavy atom. The van der Waals surface area contributed by atoms with Crippen LogP contribution in [0.3, 0.4) is 0 Å². The fraction of sp³-hybridized carbons (Fsp3) is 0.533. The molecule has 1 aromatic rings. The Morgan fingerprint density at radius 2 is 2.05 bits per heavy atom. The van der Waals surface area contributed by atoms with E-state index in [9.17, 15) is 13.6 Å². The quantitative estimate of drug-likeness (QED) is 0.829. The lowest BCUT2D eigenvalue weighted by atomic mass is 10.2. The van der Waals surface area contributed by atoms with Crippen molar-refractivity contribution < 1.29 is 18.3 Å². The molecule has 2 N–H and O–H groups in total. The van der Waals surface area contributed by atoms with Gasteiger partial charge in [-0.25, -0.2) is 0 Å². The topological polar surface area (TPSA) is 53.6 Å². The van der Waals surface area contributed by atoms with E-state index in [1.54, 1.807) is 12.1 Å². The van der Waals surface area contributed by atoms with Crippen molar-refractivity contribution in [2.24, 2.45) is 0 Å². The molecule has 122 valence electrons. The van der Waals surface area contributed by atoms with Crippen LogP contribution < -0.4 is 15.4 Å². The molecule has 0 saturated carbocycles. The largest absolute Gasteiger partial charge is 0.435 e. The van der Waals surface area contributed by atoms with E-state index >= 15 is 0 Å². The molecule has 1 aliphatic heterocycles. The molecule has 22 heavy (non-hydrogen) atoms. The van der Waals surface area contributed by atoms with Gasteiger partial charge in [0.2, 0.25) is 5.91 Å². The molecule has 5 nitrogen and oxygen atoms in total. The number of benzene rings is 1. The number of alkyl halides is 2. The zero-order chi connectivity index (χ0) is 15.8. The highest BCUT2D eigenvalue weighted by Gasteiger charge is 2.12. The standard InChI is InChI=1S/C15H21F2N3O2/c16-15(17)22-13-4-2-12(3-5-13)10-19-14(21)11-20-8-1-6-18-7-9-20/h2-5,15,18H,1,6-11H2,(H,19,21). The van der Waals surface area contributed by atoms with Crippen LogP contribution in [0.5, 0.6) is 5.75 Å². The van der Waals surface area contributed by atoms with E-state index in [4.69, 9.17) is 0 Å². The van der Waals surface area contributed by atoms with Crippen LogP contribution >= 0.6 is 0 Å². The van der Waals surface area contributed by atoms with Gasteiger partial charge in [0.25, 0.3) is 0 Å². The van der Waals surface area contributed by atoms with Crippen molar-refractivity contribution in [3.63, 3.8) is 0 Å². The molecule has 1 saturated heterocycles. The summed E-state index contributed by atoms with van der Waals surface area (Å²) in [6.07, 6.45) is 1.04. The maximum Gasteiger partial charge on any atom is 0.387 e. The molecule has 1 aromatic carbocycles. The second-order valence-corrected chi connectivity index (χ2v) is 5.18. The lowest BCUT2D eigenvalue weighted by Crippen LogP contribution is -2.38. The van der Waals surface area contributed by atoms with E-state index in [1.807, 2.05) is 0 Å². The summed E-state index contributed by atoms with van der Waals surface area (Å²) in [6, 6.07) is 6.25. The van der Waals surface area contributed by atoms with Crippen molar-refractivity contribution in [2.45, 2.75) is 19.6 Å². The van der Waals surface area contributed by atoms with Gasteiger partial charge < -0.3 is 15.4 Å². The van der Waals surface area contributed by atoms with Crippen molar-refractivity contribution in [1.29, 1.82) is 0 Å². The van der Waals surface area contributed by atoms with Crippen LogP contribution in [0.4, 0.5) is 8.78 Å². The molecule has 7 heteroatoms. The van der Waals surface area contributed by atoms with E-state index in [-0.39, 0.29) is 11.7 Å². The van der Waals surface area contributed by atoms with E-state index in [0.29, 0.717) is 13.1 Å². The highest BCUT2D eigenvalue weighted by Crippen LogP contribution is 2.14. The first-order chi connectivity index (χ1) is 10.6. The number of amides is 1. The number of rotatable bonds is 6. The Kier molecular flexibility index (Phi) is 6.54. The van der Waals surface area contributed by atoms with Crippen molar-refractivity contribution >= 4 is 5.91 Å². The van der Waals surface area contributed by atoms with Crippen LogP contribution in [0.2, 0.25) is 0 Å². The number of carbonyl (C=O) groups excluding carboxylic acids is 1. The number of nitrogens with one attached hydrogen (secondary N) is 2. The molecule has 2 rings (SSSR count). The van der Waals surface area contributed by atoms with Crippen LogP contribution in [0.15, 0.2) is 24.3 Å². The second kappa shape index (κ2) is 8.65. The van der Waals surface area contributed by atoms with E-state index in [0.717, 1.165) is 38.2 Å². The van der Waals surface area contributed by atoms with Crippen molar-refractivity contribution in [3.8, 4) is 5.75 Å². The Labute approximate surface area is 128 Å². The molecular formula is C15H21F2N3O2. The first-order valence-corrected chi connectivity index (χ1v) is 7.37. The zero-order valence-electron chi connectivity index (χ0n) is 12.4. The fourth-order valence-electron chi connectivity index (χ4n) is 2.31. The van der Waals surface area contributed by atoms with Crippen LogP contribution in [0, 0.1) is 0 Å². The number of ether oxygens (including phenoxy) is 1. The van der Waals surface area contributed by atoms with Crippen LogP contribution in [-0.2, 0) is 11.3 Å². The predicted molar refractivity (Wildman–Crippen MR) is 78.8 cm³/mol. The summed E-state index contributed by atoms with van der Waals surface area (Å²) >= 11 is 0. The van der Waals surface area contributed by atoms with E-state index in [2.05, 4.69) is 20.3 Å². The summed E-state index contributed by atoms with van der Waals surface area (Å²) in [5.41, 5.74) is 0.840. The minimum atomic E-state index is -2.83. The van der Waals surface area contributed by atoms with Crippen molar-refractivity contribution in [2.75, 3.05) is 32.7 Å². The van der Waals surface area contributed by atoms with E-state index < -0.39 is 6.61 Å². The molecule has 0 atom stereocenters. The van der Waals surface area contributed by atoms with Gasteiger partial charge in [-0.2, -0.15) is 8.78 Å². The molecule has 1 heterocycles. The van der Waals surface area contributed by atoms with Gasteiger partial charge >= 0.3 is 6.61 Å². The predicted octanol–water partition coefficient (Wildman–Crippen LogP) is 1.20.